The van der Waals surface area contributed by atoms with Gasteiger partial charge >= 0.3 is 0 Å². The van der Waals surface area contributed by atoms with Crippen molar-refractivity contribution in [3.8, 4) is 17.2 Å². The summed E-state index contributed by atoms with van der Waals surface area (Å²) in [5.74, 6) is 2.61. The summed E-state index contributed by atoms with van der Waals surface area (Å²) in [5, 5.41) is 6.34. The Kier molecular flexibility index (Phi) is 15.6. The minimum Gasteiger partial charge on any atom is -0.493 e. The van der Waals surface area contributed by atoms with Crippen LogP contribution in [0.15, 0.2) is 17.1 Å². The van der Waals surface area contributed by atoms with Crippen LogP contribution in [0.3, 0.4) is 0 Å². The molecular weight excluding hydrogens is 466 g/mol. The molecule has 0 spiro atoms. The number of nitrogens with one attached hydrogen (secondary N) is 2. The van der Waals surface area contributed by atoms with Crippen LogP contribution in [-0.2, 0) is 11.2 Å². The third-order valence-corrected chi connectivity index (χ3v) is 7.05. The molecule has 210 valence electrons. The van der Waals surface area contributed by atoms with E-state index in [9.17, 15) is 4.79 Å². The number of hydrogen-bond donors (Lipinski definition) is 2. The molecule has 7 heteroatoms. The Morgan fingerprint density at radius 2 is 1.35 bits per heavy atom. The average molecular weight is 518 g/mol. The van der Waals surface area contributed by atoms with E-state index in [1.54, 1.807) is 21.3 Å². The number of nitrogens with zero attached hydrogens (tertiary/aromatic N) is 1. The maximum absolute atomic E-state index is 12.6. The molecule has 1 aliphatic rings. The van der Waals surface area contributed by atoms with Gasteiger partial charge in [-0.3, -0.25) is 9.79 Å². The third kappa shape index (κ3) is 11.7. The van der Waals surface area contributed by atoms with Gasteiger partial charge in [0, 0.05) is 13.0 Å². The Hall–Kier alpha value is -2.44. The Labute approximate surface area is 225 Å². The fraction of sp³-hybridized carbons (Fsp3) is 0.733. The van der Waals surface area contributed by atoms with Crippen LogP contribution in [0.2, 0.25) is 0 Å². The van der Waals surface area contributed by atoms with Crippen molar-refractivity contribution in [1.29, 1.82) is 0 Å². The SMILES string of the molecule is CCCCCCCCCCCCCCCCNC(=O)[C@@H]1CN=C(Cc2cc(OC)c(OC)c(OC)c2)N1. The fourth-order valence-electron chi connectivity index (χ4n) is 4.83. The molecule has 1 amide bonds. The Bertz CT molecular complexity index is 787. The van der Waals surface area contributed by atoms with E-state index in [4.69, 9.17) is 14.2 Å². The van der Waals surface area contributed by atoms with Crippen molar-refractivity contribution in [2.24, 2.45) is 4.99 Å². The van der Waals surface area contributed by atoms with Gasteiger partial charge in [0.15, 0.2) is 11.5 Å². The largest absolute Gasteiger partial charge is 0.493 e. The summed E-state index contributed by atoms with van der Waals surface area (Å²) in [7, 11) is 4.79. The number of amidine groups is 1. The van der Waals surface area contributed by atoms with E-state index in [2.05, 4.69) is 22.5 Å². The first kappa shape index (κ1) is 30.8. The van der Waals surface area contributed by atoms with Crippen molar-refractivity contribution >= 4 is 11.7 Å². The van der Waals surface area contributed by atoms with Crippen LogP contribution in [0, 0.1) is 0 Å². The second-order valence-corrected chi connectivity index (χ2v) is 10.1. The molecule has 0 aromatic heterocycles. The number of unbranched alkanes of at least 4 members (excludes halogenated alkanes) is 13. The highest BCUT2D eigenvalue weighted by Gasteiger charge is 2.24. The predicted octanol–water partition coefficient (Wildman–Crippen LogP) is 6.22. The van der Waals surface area contributed by atoms with Crippen molar-refractivity contribution in [3.05, 3.63) is 17.7 Å². The van der Waals surface area contributed by atoms with Gasteiger partial charge in [0.05, 0.1) is 27.9 Å². The molecule has 2 rings (SSSR count). The molecule has 1 atom stereocenters. The van der Waals surface area contributed by atoms with Crippen LogP contribution in [0.4, 0.5) is 0 Å². The molecule has 0 saturated heterocycles. The van der Waals surface area contributed by atoms with Crippen molar-refractivity contribution in [2.45, 2.75) is 109 Å². The smallest absolute Gasteiger partial charge is 0.244 e. The average Bonchev–Trinajstić information content (AvgIpc) is 3.38. The van der Waals surface area contributed by atoms with Crippen LogP contribution in [-0.4, -0.2) is 52.2 Å². The van der Waals surface area contributed by atoms with Gasteiger partial charge < -0.3 is 24.8 Å². The van der Waals surface area contributed by atoms with E-state index in [0.717, 1.165) is 24.4 Å². The summed E-state index contributed by atoms with van der Waals surface area (Å²) in [6, 6.07) is 3.52. The quantitative estimate of drug-likeness (QED) is 0.189. The summed E-state index contributed by atoms with van der Waals surface area (Å²) in [5.41, 5.74) is 0.976. The second kappa shape index (κ2) is 18.8. The van der Waals surface area contributed by atoms with Gasteiger partial charge in [-0.15, -0.1) is 0 Å². The zero-order valence-electron chi connectivity index (χ0n) is 23.8. The number of carbonyl (C=O) groups excluding carboxylic acids is 1. The summed E-state index contributed by atoms with van der Waals surface area (Å²) >= 11 is 0. The fourth-order valence-corrected chi connectivity index (χ4v) is 4.83. The summed E-state index contributed by atoms with van der Waals surface area (Å²) < 4.78 is 16.3. The molecule has 0 unspecified atom stereocenters. The van der Waals surface area contributed by atoms with Gasteiger partial charge in [0.2, 0.25) is 11.7 Å². The highest BCUT2D eigenvalue weighted by atomic mass is 16.5. The van der Waals surface area contributed by atoms with Crippen LogP contribution >= 0.6 is 0 Å². The second-order valence-electron chi connectivity index (χ2n) is 10.1. The number of hydrogen-bond acceptors (Lipinski definition) is 6. The Morgan fingerprint density at radius 1 is 0.838 bits per heavy atom. The maximum atomic E-state index is 12.6. The number of carbonyl (C=O) groups is 1. The van der Waals surface area contributed by atoms with Gasteiger partial charge in [-0.2, -0.15) is 0 Å². The molecule has 1 aliphatic heterocycles. The standard InChI is InChI=1S/C30H51N3O4/c1-5-6-7-8-9-10-11-12-13-14-15-16-17-18-19-31-30(34)25-23-32-28(33-25)22-24-20-26(35-2)29(37-4)27(21-24)36-3/h20-21,25H,5-19,22-23H2,1-4H3,(H,31,34)(H,32,33)/t25-/m0/s1. The van der Waals surface area contributed by atoms with E-state index in [-0.39, 0.29) is 11.9 Å². The number of ether oxygens (including phenoxy) is 3. The monoisotopic (exact) mass is 517 g/mol. The van der Waals surface area contributed by atoms with Crippen molar-refractivity contribution in [1.82, 2.24) is 10.6 Å². The lowest BCUT2D eigenvalue weighted by Crippen LogP contribution is -2.45. The van der Waals surface area contributed by atoms with E-state index < -0.39 is 0 Å². The zero-order valence-corrected chi connectivity index (χ0v) is 23.8. The summed E-state index contributed by atoms with van der Waals surface area (Å²) in [4.78, 5) is 17.1. The highest BCUT2D eigenvalue weighted by molar-refractivity contribution is 5.94. The van der Waals surface area contributed by atoms with Crippen LogP contribution in [0.25, 0.3) is 0 Å². The Morgan fingerprint density at radius 3 is 1.84 bits per heavy atom. The lowest BCUT2D eigenvalue weighted by atomic mass is 10.0. The lowest BCUT2D eigenvalue weighted by Gasteiger charge is -2.15. The summed E-state index contributed by atoms with van der Waals surface area (Å²) in [6.07, 6.45) is 19.3. The third-order valence-electron chi connectivity index (χ3n) is 7.05. The normalized spacial score (nSPS) is 14.7. The topological polar surface area (TPSA) is 81.2 Å². The molecule has 37 heavy (non-hydrogen) atoms. The first-order chi connectivity index (χ1) is 18.1. The number of benzene rings is 1. The van der Waals surface area contributed by atoms with E-state index >= 15 is 0 Å². The first-order valence-electron chi connectivity index (χ1n) is 14.5. The van der Waals surface area contributed by atoms with Gasteiger partial charge in [-0.05, 0) is 24.1 Å². The van der Waals surface area contributed by atoms with Crippen LogP contribution in [0.1, 0.15) is 102 Å². The molecule has 0 bridgehead atoms. The van der Waals surface area contributed by atoms with Gasteiger partial charge in [-0.1, -0.05) is 90.4 Å². The molecule has 1 aromatic rings. The minimum absolute atomic E-state index is 0.0262. The molecule has 0 fully saturated rings. The van der Waals surface area contributed by atoms with Crippen molar-refractivity contribution in [3.63, 3.8) is 0 Å². The van der Waals surface area contributed by atoms with Crippen molar-refractivity contribution in [2.75, 3.05) is 34.4 Å². The molecule has 2 N–H and O–H groups in total. The van der Waals surface area contributed by atoms with Crippen LogP contribution in [0.5, 0.6) is 17.2 Å². The van der Waals surface area contributed by atoms with E-state index in [1.807, 2.05) is 12.1 Å². The minimum atomic E-state index is -0.302. The molecule has 1 aromatic carbocycles. The maximum Gasteiger partial charge on any atom is 0.244 e. The van der Waals surface area contributed by atoms with Crippen LogP contribution < -0.4 is 24.8 Å². The molecular formula is C30H51N3O4. The van der Waals surface area contributed by atoms with E-state index in [0.29, 0.717) is 30.2 Å². The summed E-state index contributed by atoms with van der Waals surface area (Å²) in [6.45, 7) is 3.47. The Balaban J connectivity index is 1.52. The number of rotatable bonds is 21. The molecule has 0 saturated carbocycles. The highest BCUT2D eigenvalue weighted by Crippen LogP contribution is 2.38. The van der Waals surface area contributed by atoms with E-state index in [1.165, 1.54) is 83.5 Å². The number of aliphatic imine (C=N–C) groups is 1. The van der Waals surface area contributed by atoms with Gasteiger partial charge in [0.25, 0.3) is 0 Å². The zero-order chi connectivity index (χ0) is 26.7. The van der Waals surface area contributed by atoms with Gasteiger partial charge in [-0.25, -0.2) is 0 Å². The first-order valence-corrected chi connectivity index (χ1v) is 14.5. The number of methoxy groups -OCH3 is 3. The molecule has 0 aliphatic carbocycles. The lowest BCUT2D eigenvalue weighted by molar-refractivity contribution is -0.122. The molecule has 0 radical (unpaired) electrons. The van der Waals surface area contributed by atoms with Gasteiger partial charge in [0.1, 0.15) is 11.9 Å². The molecule has 1 heterocycles. The predicted molar refractivity (Wildman–Crippen MR) is 152 cm³/mol. The molecule has 7 nitrogen and oxygen atoms in total. The number of amides is 1. The van der Waals surface area contributed by atoms with Crippen molar-refractivity contribution < 1.29 is 19.0 Å².